The molecular weight excluding hydrogens is 370 g/mol. The van der Waals surface area contributed by atoms with Crippen molar-refractivity contribution in [3.8, 4) is 11.6 Å². The van der Waals surface area contributed by atoms with Crippen LogP contribution >= 0.6 is 11.6 Å². The molecular formula is C19H24ClN3O4. The van der Waals surface area contributed by atoms with Gasteiger partial charge in [-0.1, -0.05) is 11.6 Å². The molecule has 2 aromatic rings. The number of halogens is 1. The highest BCUT2D eigenvalue weighted by Gasteiger charge is 2.36. The molecule has 0 N–H and O–H groups in total. The van der Waals surface area contributed by atoms with E-state index in [1.807, 2.05) is 27.7 Å². The van der Waals surface area contributed by atoms with Crippen molar-refractivity contribution in [2.75, 3.05) is 13.7 Å². The number of carbonyl (C=O) groups excluding carboxylic acids is 1. The number of rotatable bonds is 3. The minimum absolute atomic E-state index is 0.00265. The predicted octanol–water partition coefficient (Wildman–Crippen LogP) is 4.07. The Kier molecular flexibility index (Phi) is 5.33. The summed E-state index contributed by atoms with van der Waals surface area (Å²) in [6, 6.07) is 5.36. The summed E-state index contributed by atoms with van der Waals surface area (Å²) in [4.78, 5) is 22.8. The standard InChI is InChI=1S/C19H24ClN3O4/c1-11-8-13(10-23(11)18(24)27-19(2,3)4)26-17-16(20)21-14-7-6-12(25-5)9-15(14)22-17/h6-7,9,11,13H,8,10H2,1-5H3/t11-,13-/m1/s1. The fourth-order valence-electron chi connectivity index (χ4n) is 3.00. The average Bonchev–Trinajstić information content (AvgIpc) is 2.94. The van der Waals surface area contributed by atoms with Crippen LogP contribution < -0.4 is 9.47 Å². The van der Waals surface area contributed by atoms with E-state index in [2.05, 4.69) is 9.97 Å². The Balaban J connectivity index is 1.75. The van der Waals surface area contributed by atoms with E-state index in [0.717, 1.165) is 0 Å². The minimum Gasteiger partial charge on any atom is -0.497 e. The molecule has 1 fully saturated rings. The Bertz CT molecular complexity index is 853. The second-order valence-electron chi connectivity index (χ2n) is 7.63. The van der Waals surface area contributed by atoms with E-state index in [1.165, 1.54) is 0 Å². The van der Waals surface area contributed by atoms with Crippen LogP contribution in [0.5, 0.6) is 11.6 Å². The largest absolute Gasteiger partial charge is 0.497 e. The van der Waals surface area contributed by atoms with Gasteiger partial charge < -0.3 is 19.1 Å². The lowest BCUT2D eigenvalue weighted by atomic mass is 10.2. The van der Waals surface area contributed by atoms with Gasteiger partial charge in [0.25, 0.3) is 5.88 Å². The van der Waals surface area contributed by atoms with Gasteiger partial charge in [0, 0.05) is 18.5 Å². The van der Waals surface area contributed by atoms with Crippen LogP contribution in [0.2, 0.25) is 5.15 Å². The third-order valence-electron chi connectivity index (χ3n) is 4.24. The van der Waals surface area contributed by atoms with Gasteiger partial charge in [-0.15, -0.1) is 0 Å². The van der Waals surface area contributed by atoms with Gasteiger partial charge in [0.05, 0.1) is 24.7 Å². The van der Waals surface area contributed by atoms with E-state index in [1.54, 1.807) is 30.2 Å². The Morgan fingerprint density at radius 3 is 2.67 bits per heavy atom. The molecule has 1 amide bonds. The molecule has 2 atom stereocenters. The number of hydrogen-bond acceptors (Lipinski definition) is 6. The first-order valence-electron chi connectivity index (χ1n) is 8.84. The van der Waals surface area contributed by atoms with Crippen LogP contribution in [0.15, 0.2) is 18.2 Å². The first kappa shape index (κ1) is 19.5. The first-order valence-corrected chi connectivity index (χ1v) is 9.21. The molecule has 7 nitrogen and oxygen atoms in total. The molecule has 2 heterocycles. The van der Waals surface area contributed by atoms with E-state index in [0.29, 0.717) is 29.7 Å². The zero-order valence-corrected chi connectivity index (χ0v) is 16.9. The van der Waals surface area contributed by atoms with Crippen molar-refractivity contribution in [3.05, 3.63) is 23.4 Å². The summed E-state index contributed by atoms with van der Waals surface area (Å²) in [7, 11) is 1.59. The summed E-state index contributed by atoms with van der Waals surface area (Å²) >= 11 is 6.24. The minimum atomic E-state index is -0.540. The smallest absolute Gasteiger partial charge is 0.410 e. The number of fused-ring (bicyclic) bond motifs is 1. The van der Waals surface area contributed by atoms with Crippen molar-refractivity contribution >= 4 is 28.7 Å². The van der Waals surface area contributed by atoms with Gasteiger partial charge in [-0.05, 0) is 39.8 Å². The molecule has 1 aromatic carbocycles. The second kappa shape index (κ2) is 7.38. The van der Waals surface area contributed by atoms with Crippen molar-refractivity contribution in [2.45, 2.75) is 51.9 Å². The lowest BCUT2D eigenvalue weighted by molar-refractivity contribution is 0.0223. The molecule has 1 aromatic heterocycles. The normalized spacial score (nSPS) is 20.0. The summed E-state index contributed by atoms with van der Waals surface area (Å²) in [5.41, 5.74) is 0.745. The number of ether oxygens (including phenoxy) is 3. The third-order valence-corrected chi connectivity index (χ3v) is 4.49. The highest BCUT2D eigenvalue weighted by Crippen LogP contribution is 2.29. The molecule has 1 aliphatic heterocycles. The number of methoxy groups -OCH3 is 1. The monoisotopic (exact) mass is 393 g/mol. The number of amides is 1. The summed E-state index contributed by atoms with van der Waals surface area (Å²) in [5.74, 6) is 0.927. The summed E-state index contributed by atoms with van der Waals surface area (Å²) in [6.45, 7) is 7.91. The van der Waals surface area contributed by atoms with Crippen molar-refractivity contribution in [1.82, 2.24) is 14.9 Å². The lowest BCUT2D eigenvalue weighted by Gasteiger charge is -2.26. The molecule has 3 rings (SSSR count). The molecule has 0 radical (unpaired) electrons. The number of likely N-dealkylation sites (tertiary alicyclic amines) is 1. The molecule has 0 unspecified atom stereocenters. The van der Waals surface area contributed by atoms with Crippen LogP contribution in [0, 0.1) is 0 Å². The van der Waals surface area contributed by atoms with Crippen LogP contribution in [-0.4, -0.2) is 52.4 Å². The van der Waals surface area contributed by atoms with Crippen molar-refractivity contribution in [3.63, 3.8) is 0 Å². The fourth-order valence-corrected chi connectivity index (χ4v) is 3.18. The summed E-state index contributed by atoms with van der Waals surface area (Å²) in [6.07, 6.45) is 0.0804. The first-order chi connectivity index (χ1) is 12.7. The van der Waals surface area contributed by atoms with Gasteiger partial charge in [0.1, 0.15) is 17.5 Å². The van der Waals surface area contributed by atoms with E-state index in [4.69, 9.17) is 25.8 Å². The molecule has 1 aliphatic rings. The van der Waals surface area contributed by atoms with Gasteiger partial charge in [-0.25, -0.2) is 14.8 Å². The summed E-state index contributed by atoms with van der Waals surface area (Å²) in [5, 5.41) is 0.191. The van der Waals surface area contributed by atoms with Crippen LogP contribution in [0.3, 0.4) is 0 Å². The molecule has 0 bridgehead atoms. The number of aromatic nitrogens is 2. The maximum atomic E-state index is 12.4. The molecule has 8 heteroatoms. The van der Waals surface area contributed by atoms with Gasteiger partial charge in [0.2, 0.25) is 0 Å². The predicted molar refractivity (Wildman–Crippen MR) is 103 cm³/mol. The molecule has 0 spiro atoms. The second-order valence-corrected chi connectivity index (χ2v) is 7.99. The SMILES string of the molecule is COc1ccc2nc(Cl)c(O[C@@H]3C[C@@H](C)N(C(=O)OC(C)(C)C)C3)nc2c1. The van der Waals surface area contributed by atoms with Gasteiger partial charge in [0.15, 0.2) is 5.15 Å². The van der Waals surface area contributed by atoms with Crippen LogP contribution in [0.1, 0.15) is 34.1 Å². The number of carbonyl (C=O) groups is 1. The molecule has 0 saturated carbocycles. The van der Waals surface area contributed by atoms with Gasteiger partial charge in [-0.2, -0.15) is 0 Å². The van der Waals surface area contributed by atoms with Crippen LogP contribution in [0.4, 0.5) is 4.79 Å². The zero-order valence-electron chi connectivity index (χ0n) is 16.2. The highest BCUT2D eigenvalue weighted by molar-refractivity contribution is 6.31. The Morgan fingerprint density at radius 2 is 2.00 bits per heavy atom. The molecule has 146 valence electrons. The topological polar surface area (TPSA) is 73.8 Å². The quantitative estimate of drug-likeness (QED) is 0.782. The Morgan fingerprint density at radius 1 is 1.26 bits per heavy atom. The van der Waals surface area contributed by atoms with E-state index < -0.39 is 5.60 Å². The maximum absolute atomic E-state index is 12.4. The molecule has 27 heavy (non-hydrogen) atoms. The van der Waals surface area contributed by atoms with E-state index >= 15 is 0 Å². The van der Waals surface area contributed by atoms with E-state index in [-0.39, 0.29) is 29.3 Å². The fraction of sp³-hybridized carbons (Fsp3) is 0.526. The molecule has 1 saturated heterocycles. The van der Waals surface area contributed by atoms with Crippen molar-refractivity contribution in [2.24, 2.45) is 0 Å². The lowest BCUT2D eigenvalue weighted by Crippen LogP contribution is -2.39. The zero-order chi connectivity index (χ0) is 19.8. The average molecular weight is 394 g/mol. The van der Waals surface area contributed by atoms with Crippen molar-refractivity contribution < 1.29 is 19.0 Å². The van der Waals surface area contributed by atoms with Crippen LogP contribution in [0.25, 0.3) is 11.0 Å². The van der Waals surface area contributed by atoms with E-state index in [9.17, 15) is 4.79 Å². The highest BCUT2D eigenvalue weighted by atomic mass is 35.5. The third kappa shape index (κ3) is 4.53. The Labute approximate surface area is 163 Å². The molecule has 0 aliphatic carbocycles. The summed E-state index contributed by atoms with van der Waals surface area (Å²) < 4.78 is 16.7. The maximum Gasteiger partial charge on any atom is 0.410 e. The van der Waals surface area contributed by atoms with Gasteiger partial charge >= 0.3 is 6.09 Å². The van der Waals surface area contributed by atoms with Crippen molar-refractivity contribution in [1.29, 1.82) is 0 Å². The number of nitrogens with zero attached hydrogens (tertiary/aromatic N) is 3. The van der Waals surface area contributed by atoms with Crippen LogP contribution in [-0.2, 0) is 4.74 Å². The Hall–Kier alpha value is -2.28. The van der Waals surface area contributed by atoms with Gasteiger partial charge in [-0.3, -0.25) is 0 Å². The number of benzene rings is 1. The number of hydrogen-bond donors (Lipinski definition) is 0.